The molecular weight excluding hydrogens is 244 g/mol. The highest BCUT2D eigenvalue weighted by molar-refractivity contribution is 5.81. The lowest BCUT2D eigenvalue weighted by Gasteiger charge is -2.13. The molecule has 1 saturated carbocycles. The van der Waals surface area contributed by atoms with Crippen molar-refractivity contribution in [3.63, 3.8) is 0 Å². The van der Waals surface area contributed by atoms with E-state index < -0.39 is 0 Å². The van der Waals surface area contributed by atoms with E-state index in [0.717, 1.165) is 18.4 Å². The van der Waals surface area contributed by atoms with Gasteiger partial charge in [-0.05, 0) is 19.8 Å². The molecule has 0 aromatic carbocycles. The van der Waals surface area contributed by atoms with Gasteiger partial charge in [-0.25, -0.2) is 15.8 Å². The lowest BCUT2D eigenvalue weighted by atomic mass is 10.3. The fraction of sp³-hybridized carbons (Fsp3) is 0.583. The molecular formula is C12H20N6O. The smallest absolute Gasteiger partial charge is 0.239 e. The van der Waals surface area contributed by atoms with Gasteiger partial charge in [-0.3, -0.25) is 4.79 Å². The average Bonchev–Trinajstić information content (AvgIpc) is 3.21. The monoisotopic (exact) mass is 264 g/mol. The van der Waals surface area contributed by atoms with Gasteiger partial charge in [-0.2, -0.15) is 0 Å². The van der Waals surface area contributed by atoms with Crippen LogP contribution in [0.3, 0.4) is 0 Å². The predicted molar refractivity (Wildman–Crippen MR) is 73.6 cm³/mol. The fourth-order valence-corrected chi connectivity index (χ4v) is 1.70. The molecule has 0 radical (unpaired) electrons. The molecule has 5 N–H and O–H groups in total. The zero-order valence-corrected chi connectivity index (χ0v) is 11.3. The van der Waals surface area contributed by atoms with Crippen molar-refractivity contribution in [1.29, 1.82) is 0 Å². The van der Waals surface area contributed by atoms with E-state index in [4.69, 9.17) is 5.84 Å². The van der Waals surface area contributed by atoms with Crippen molar-refractivity contribution >= 4 is 17.5 Å². The number of nitrogen functional groups attached to an aromatic ring is 1. The van der Waals surface area contributed by atoms with E-state index in [1.165, 1.54) is 0 Å². The molecule has 104 valence electrons. The van der Waals surface area contributed by atoms with Crippen LogP contribution in [0, 0.1) is 6.92 Å². The Labute approximate surface area is 112 Å². The Hall–Kier alpha value is -1.89. The lowest BCUT2D eigenvalue weighted by Crippen LogP contribution is -2.31. The maximum Gasteiger partial charge on any atom is 0.239 e. The van der Waals surface area contributed by atoms with Crippen LogP contribution in [0.25, 0.3) is 0 Å². The quantitative estimate of drug-likeness (QED) is 0.436. The molecule has 7 heteroatoms. The van der Waals surface area contributed by atoms with Crippen LogP contribution < -0.4 is 21.9 Å². The van der Waals surface area contributed by atoms with Gasteiger partial charge in [0.2, 0.25) is 5.91 Å². The Kier molecular flexibility index (Phi) is 4.16. The molecule has 19 heavy (non-hydrogen) atoms. The molecule has 0 saturated heterocycles. The summed E-state index contributed by atoms with van der Waals surface area (Å²) in [5.74, 6) is 7.32. The van der Waals surface area contributed by atoms with Crippen LogP contribution in [0.4, 0.5) is 11.6 Å². The Morgan fingerprint density at radius 2 is 2.05 bits per heavy atom. The van der Waals surface area contributed by atoms with Crippen molar-refractivity contribution in [3.05, 3.63) is 11.4 Å². The van der Waals surface area contributed by atoms with E-state index in [2.05, 4.69) is 26.0 Å². The number of rotatable bonds is 6. The summed E-state index contributed by atoms with van der Waals surface area (Å²) in [6.45, 7) is 4.03. The third kappa shape index (κ3) is 3.54. The number of hydrazine groups is 1. The summed E-state index contributed by atoms with van der Waals surface area (Å²) in [5.41, 5.74) is 3.35. The van der Waals surface area contributed by atoms with Gasteiger partial charge in [0.15, 0.2) is 0 Å². The third-order valence-corrected chi connectivity index (χ3v) is 3.00. The van der Waals surface area contributed by atoms with E-state index in [1.54, 1.807) is 0 Å². The SMILES string of the molecule is CCc1nc(NN)c(C)c(NCC(=O)NC2CC2)n1. The number of carbonyl (C=O) groups excluding carboxylic acids is 1. The first-order valence-corrected chi connectivity index (χ1v) is 6.51. The van der Waals surface area contributed by atoms with Gasteiger partial charge in [0.25, 0.3) is 0 Å². The second kappa shape index (κ2) is 5.83. The molecule has 1 amide bonds. The number of hydrogen-bond donors (Lipinski definition) is 4. The zero-order valence-electron chi connectivity index (χ0n) is 11.3. The van der Waals surface area contributed by atoms with Gasteiger partial charge in [-0.1, -0.05) is 6.92 Å². The number of amides is 1. The second-order valence-corrected chi connectivity index (χ2v) is 4.66. The molecule has 0 atom stereocenters. The van der Waals surface area contributed by atoms with Crippen molar-refractivity contribution in [2.24, 2.45) is 5.84 Å². The van der Waals surface area contributed by atoms with Crippen molar-refractivity contribution in [2.75, 3.05) is 17.3 Å². The third-order valence-electron chi connectivity index (χ3n) is 3.00. The Bertz CT molecular complexity index is 472. The fourth-order valence-electron chi connectivity index (χ4n) is 1.70. The number of aromatic nitrogens is 2. The largest absolute Gasteiger partial charge is 0.361 e. The minimum atomic E-state index is -0.0131. The highest BCUT2D eigenvalue weighted by atomic mass is 16.2. The highest BCUT2D eigenvalue weighted by Gasteiger charge is 2.23. The van der Waals surface area contributed by atoms with E-state index in [-0.39, 0.29) is 12.5 Å². The van der Waals surface area contributed by atoms with E-state index in [1.807, 2.05) is 13.8 Å². The molecule has 1 aromatic rings. The first kappa shape index (κ1) is 13.5. The van der Waals surface area contributed by atoms with Crippen molar-refractivity contribution in [3.8, 4) is 0 Å². The van der Waals surface area contributed by atoms with Crippen molar-refractivity contribution in [1.82, 2.24) is 15.3 Å². The lowest BCUT2D eigenvalue weighted by molar-refractivity contribution is -0.119. The van der Waals surface area contributed by atoms with E-state index in [9.17, 15) is 4.79 Å². The molecule has 1 aliphatic rings. The number of carbonyl (C=O) groups is 1. The van der Waals surface area contributed by atoms with Crippen LogP contribution >= 0.6 is 0 Å². The minimum Gasteiger partial charge on any atom is -0.361 e. The molecule has 0 unspecified atom stereocenters. The second-order valence-electron chi connectivity index (χ2n) is 4.66. The van der Waals surface area contributed by atoms with E-state index >= 15 is 0 Å². The summed E-state index contributed by atoms with van der Waals surface area (Å²) in [4.78, 5) is 20.3. The molecule has 7 nitrogen and oxygen atoms in total. The van der Waals surface area contributed by atoms with Gasteiger partial charge in [-0.15, -0.1) is 0 Å². The Balaban J connectivity index is 2.03. The molecule has 0 bridgehead atoms. The summed E-state index contributed by atoms with van der Waals surface area (Å²) < 4.78 is 0. The predicted octanol–water partition coefficient (Wildman–Crippen LogP) is 0.324. The number of hydrogen-bond acceptors (Lipinski definition) is 6. The van der Waals surface area contributed by atoms with Gasteiger partial charge in [0.05, 0.1) is 6.54 Å². The molecule has 0 spiro atoms. The van der Waals surface area contributed by atoms with Gasteiger partial charge >= 0.3 is 0 Å². The average molecular weight is 264 g/mol. The van der Waals surface area contributed by atoms with Crippen LogP contribution in [-0.4, -0.2) is 28.5 Å². The van der Waals surface area contributed by atoms with E-state index in [0.29, 0.717) is 29.9 Å². The summed E-state index contributed by atoms with van der Waals surface area (Å²) in [7, 11) is 0. The van der Waals surface area contributed by atoms with Crippen LogP contribution in [0.5, 0.6) is 0 Å². The summed E-state index contributed by atoms with van der Waals surface area (Å²) >= 11 is 0. The topological polar surface area (TPSA) is 105 Å². The van der Waals surface area contributed by atoms with Crippen LogP contribution in [0.15, 0.2) is 0 Å². The molecule has 0 aliphatic heterocycles. The Morgan fingerprint density at radius 1 is 1.37 bits per heavy atom. The number of nitrogens with zero attached hydrogens (tertiary/aromatic N) is 2. The molecule has 2 rings (SSSR count). The number of nitrogens with two attached hydrogens (primary N) is 1. The number of aryl methyl sites for hydroxylation is 1. The maximum atomic E-state index is 11.6. The molecule has 1 aromatic heterocycles. The van der Waals surface area contributed by atoms with Crippen molar-refractivity contribution < 1.29 is 4.79 Å². The Morgan fingerprint density at radius 3 is 2.63 bits per heavy atom. The van der Waals surface area contributed by atoms with Crippen LogP contribution in [0.1, 0.15) is 31.2 Å². The minimum absolute atomic E-state index is 0.0131. The van der Waals surface area contributed by atoms with Gasteiger partial charge in [0, 0.05) is 18.0 Å². The normalized spacial score (nSPS) is 14.1. The first-order valence-electron chi connectivity index (χ1n) is 6.51. The van der Waals surface area contributed by atoms with Gasteiger partial charge in [0.1, 0.15) is 17.5 Å². The zero-order chi connectivity index (χ0) is 13.8. The van der Waals surface area contributed by atoms with Crippen LogP contribution in [-0.2, 0) is 11.2 Å². The molecule has 1 fully saturated rings. The summed E-state index contributed by atoms with van der Waals surface area (Å²) in [6, 6.07) is 0.369. The number of anilines is 2. The standard InChI is InChI=1S/C12H20N6O/c1-3-9-16-11(7(2)12(17-9)18-13)14-6-10(19)15-8-4-5-8/h8H,3-6,13H2,1-2H3,(H,15,19)(H2,14,16,17,18). The van der Waals surface area contributed by atoms with Gasteiger partial charge < -0.3 is 16.1 Å². The van der Waals surface area contributed by atoms with Crippen molar-refractivity contribution in [2.45, 2.75) is 39.2 Å². The maximum absolute atomic E-state index is 11.6. The molecule has 1 aliphatic carbocycles. The highest BCUT2D eigenvalue weighted by Crippen LogP contribution is 2.20. The molecule has 1 heterocycles. The van der Waals surface area contributed by atoms with Crippen LogP contribution in [0.2, 0.25) is 0 Å². The first-order chi connectivity index (χ1) is 9.13. The number of nitrogens with one attached hydrogen (secondary N) is 3. The summed E-state index contributed by atoms with van der Waals surface area (Å²) in [5, 5.41) is 5.95. The summed E-state index contributed by atoms with van der Waals surface area (Å²) in [6.07, 6.45) is 2.87.